The fraction of sp³-hybridized carbons (Fsp3) is 0.409. The predicted molar refractivity (Wildman–Crippen MR) is 115 cm³/mol. The van der Waals surface area contributed by atoms with Crippen molar-refractivity contribution in [2.24, 2.45) is 5.92 Å². The van der Waals surface area contributed by atoms with Crippen LogP contribution in [0.25, 0.3) is 0 Å². The Labute approximate surface area is 174 Å². The molecular formula is C22H25N3O3S. The zero-order valence-corrected chi connectivity index (χ0v) is 17.4. The lowest BCUT2D eigenvalue weighted by Crippen LogP contribution is -2.37. The summed E-state index contributed by atoms with van der Waals surface area (Å²) in [6, 6.07) is 7.34. The minimum atomic E-state index is -0.384. The van der Waals surface area contributed by atoms with Crippen molar-refractivity contribution in [2.75, 3.05) is 30.0 Å². The van der Waals surface area contributed by atoms with Crippen LogP contribution in [0.1, 0.15) is 29.8 Å². The molecule has 2 aromatic rings. The summed E-state index contributed by atoms with van der Waals surface area (Å²) in [5.41, 5.74) is 1.91. The van der Waals surface area contributed by atoms with E-state index in [2.05, 4.69) is 6.58 Å². The van der Waals surface area contributed by atoms with Crippen LogP contribution in [-0.2, 0) is 22.4 Å². The maximum absolute atomic E-state index is 13.3. The lowest BCUT2D eigenvalue weighted by Gasteiger charge is -2.22. The number of thiazole rings is 1. The Balaban J connectivity index is 1.53. The first-order valence-electron chi connectivity index (χ1n) is 9.96. The number of benzene rings is 1. The monoisotopic (exact) mass is 411 g/mol. The van der Waals surface area contributed by atoms with E-state index in [0.29, 0.717) is 13.1 Å². The third-order valence-electron chi connectivity index (χ3n) is 5.50. The Bertz CT molecular complexity index is 898. The summed E-state index contributed by atoms with van der Waals surface area (Å²) in [6.45, 7) is 4.58. The lowest BCUT2D eigenvalue weighted by molar-refractivity contribution is -0.124. The Hall–Kier alpha value is -2.67. The van der Waals surface area contributed by atoms with E-state index in [1.165, 1.54) is 11.3 Å². The molecule has 2 aliphatic rings. The van der Waals surface area contributed by atoms with Crippen molar-refractivity contribution in [1.82, 2.24) is 4.98 Å². The van der Waals surface area contributed by atoms with Gasteiger partial charge in [-0.25, -0.2) is 4.98 Å². The minimum Gasteiger partial charge on any atom is -0.497 e. The number of carbonyl (C=O) groups excluding carboxylic acids is 2. The molecule has 0 spiro atoms. The summed E-state index contributed by atoms with van der Waals surface area (Å²) in [5, 5.41) is 0.733. The number of methoxy groups -OCH3 is 1. The first-order valence-corrected chi connectivity index (χ1v) is 10.8. The normalized spacial score (nSPS) is 18.4. The van der Waals surface area contributed by atoms with Gasteiger partial charge in [-0.05, 0) is 49.9 Å². The Morgan fingerprint density at radius 3 is 2.79 bits per heavy atom. The molecule has 2 amide bonds. The Kier molecular flexibility index (Phi) is 5.67. The van der Waals surface area contributed by atoms with Crippen molar-refractivity contribution in [3.05, 3.63) is 47.5 Å². The third-order valence-corrected chi connectivity index (χ3v) is 6.68. The summed E-state index contributed by atoms with van der Waals surface area (Å²) in [4.78, 5) is 35.3. The quantitative estimate of drug-likeness (QED) is 0.682. The molecule has 4 rings (SSSR count). The number of aryl methyl sites for hydroxylation is 2. The highest BCUT2D eigenvalue weighted by atomic mass is 32.1. The van der Waals surface area contributed by atoms with E-state index < -0.39 is 0 Å². The van der Waals surface area contributed by atoms with Crippen molar-refractivity contribution in [2.45, 2.75) is 32.1 Å². The average molecular weight is 412 g/mol. The standard InChI is InChI=1S/C22H25N3O3S/c1-3-12-24(22-23-18-6-4-5-7-19(18)29-22)21(27)15-13-20(26)25(14-15)16-8-10-17(28-2)11-9-16/h3,8-11,15H,1,4-7,12-14H2,2H3. The van der Waals surface area contributed by atoms with Gasteiger partial charge in [-0.2, -0.15) is 0 Å². The van der Waals surface area contributed by atoms with Gasteiger partial charge in [0.25, 0.3) is 0 Å². The SMILES string of the molecule is C=CCN(C(=O)C1CC(=O)N(c2ccc(OC)cc2)C1)c1nc2c(s1)CCCC2. The number of nitrogens with zero attached hydrogens (tertiary/aromatic N) is 3. The van der Waals surface area contributed by atoms with Crippen LogP contribution in [0.2, 0.25) is 0 Å². The molecule has 0 bridgehead atoms. The fourth-order valence-corrected chi connectivity index (χ4v) is 5.11. The number of fused-ring (bicyclic) bond motifs is 1. The zero-order valence-electron chi connectivity index (χ0n) is 16.6. The number of rotatable bonds is 6. The molecule has 1 aromatic carbocycles. The van der Waals surface area contributed by atoms with Gasteiger partial charge in [-0.3, -0.25) is 14.5 Å². The molecular weight excluding hydrogens is 386 g/mol. The molecule has 29 heavy (non-hydrogen) atoms. The third kappa shape index (κ3) is 3.92. The van der Waals surface area contributed by atoms with Crippen LogP contribution in [0.5, 0.6) is 5.75 Å². The molecule has 1 aliphatic carbocycles. The Morgan fingerprint density at radius 2 is 2.10 bits per heavy atom. The van der Waals surface area contributed by atoms with E-state index in [1.54, 1.807) is 34.3 Å². The summed E-state index contributed by atoms with van der Waals surface area (Å²) in [5.74, 6) is 0.259. The van der Waals surface area contributed by atoms with Crippen molar-refractivity contribution < 1.29 is 14.3 Å². The average Bonchev–Trinajstić information content (AvgIpc) is 3.35. The molecule has 6 nitrogen and oxygen atoms in total. The molecule has 2 heterocycles. The second-order valence-corrected chi connectivity index (χ2v) is 8.48. The number of hydrogen-bond acceptors (Lipinski definition) is 5. The molecule has 7 heteroatoms. The van der Waals surface area contributed by atoms with E-state index in [1.807, 2.05) is 24.3 Å². The zero-order chi connectivity index (χ0) is 20.4. The van der Waals surface area contributed by atoms with Gasteiger partial charge in [0.05, 0.1) is 18.7 Å². The molecule has 1 aromatic heterocycles. The van der Waals surface area contributed by atoms with Gasteiger partial charge in [0, 0.05) is 30.1 Å². The first kappa shape index (κ1) is 19.6. The highest BCUT2D eigenvalue weighted by Gasteiger charge is 2.38. The summed E-state index contributed by atoms with van der Waals surface area (Å²) in [7, 11) is 1.61. The van der Waals surface area contributed by atoms with Crippen LogP contribution in [-0.4, -0.2) is 37.0 Å². The smallest absolute Gasteiger partial charge is 0.234 e. The van der Waals surface area contributed by atoms with Crippen LogP contribution < -0.4 is 14.5 Å². The molecule has 1 fully saturated rings. The topological polar surface area (TPSA) is 62.7 Å². The number of ether oxygens (including phenoxy) is 1. The second-order valence-electron chi connectivity index (χ2n) is 7.41. The molecule has 1 unspecified atom stereocenters. The highest BCUT2D eigenvalue weighted by Crippen LogP contribution is 2.34. The van der Waals surface area contributed by atoms with Crippen LogP contribution in [0, 0.1) is 5.92 Å². The van der Waals surface area contributed by atoms with Crippen LogP contribution in [0.15, 0.2) is 36.9 Å². The van der Waals surface area contributed by atoms with E-state index in [4.69, 9.17) is 9.72 Å². The molecule has 1 aliphatic heterocycles. The molecule has 0 radical (unpaired) electrons. The molecule has 1 atom stereocenters. The summed E-state index contributed by atoms with van der Waals surface area (Å²) >= 11 is 1.61. The van der Waals surface area contributed by atoms with E-state index in [0.717, 1.165) is 41.5 Å². The number of amides is 2. The van der Waals surface area contributed by atoms with E-state index >= 15 is 0 Å². The van der Waals surface area contributed by atoms with Gasteiger partial charge in [-0.15, -0.1) is 17.9 Å². The van der Waals surface area contributed by atoms with Gasteiger partial charge >= 0.3 is 0 Å². The van der Waals surface area contributed by atoms with Gasteiger partial charge < -0.3 is 9.64 Å². The van der Waals surface area contributed by atoms with Crippen LogP contribution in [0.3, 0.4) is 0 Å². The van der Waals surface area contributed by atoms with Crippen molar-refractivity contribution in [3.8, 4) is 5.75 Å². The highest BCUT2D eigenvalue weighted by molar-refractivity contribution is 7.16. The van der Waals surface area contributed by atoms with Gasteiger partial charge in [0.2, 0.25) is 11.8 Å². The van der Waals surface area contributed by atoms with Gasteiger partial charge in [0.1, 0.15) is 5.75 Å². The minimum absolute atomic E-state index is 0.0366. The fourth-order valence-electron chi connectivity index (χ4n) is 3.95. The van der Waals surface area contributed by atoms with E-state index in [-0.39, 0.29) is 24.2 Å². The van der Waals surface area contributed by atoms with E-state index in [9.17, 15) is 9.59 Å². The molecule has 152 valence electrons. The molecule has 0 N–H and O–H groups in total. The second kappa shape index (κ2) is 8.37. The maximum Gasteiger partial charge on any atom is 0.234 e. The number of hydrogen-bond donors (Lipinski definition) is 0. The van der Waals surface area contributed by atoms with Crippen molar-refractivity contribution in [3.63, 3.8) is 0 Å². The van der Waals surface area contributed by atoms with Crippen molar-refractivity contribution in [1.29, 1.82) is 0 Å². The number of aromatic nitrogens is 1. The summed E-state index contributed by atoms with van der Waals surface area (Å²) < 4.78 is 5.18. The van der Waals surface area contributed by atoms with Gasteiger partial charge in [0.15, 0.2) is 5.13 Å². The lowest BCUT2D eigenvalue weighted by atomic mass is 10.0. The molecule has 0 saturated carbocycles. The molecule has 1 saturated heterocycles. The summed E-state index contributed by atoms with van der Waals surface area (Å²) in [6.07, 6.45) is 6.28. The van der Waals surface area contributed by atoms with Crippen molar-refractivity contribution >= 4 is 34.0 Å². The maximum atomic E-state index is 13.3. The van der Waals surface area contributed by atoms with Crippen LogP contribution in [0.4, 0.5) is 10.8 Å². The first-order chi connectivity index (χ1) is 14.1. The Morgan fingerprint density at radius 1 is 1.34 bits per heavy atom. The number of anilines is 2. The predicted octanol–water partition coefficient (Wildman–Crippen LogP) is 3.60. The van der Waals surface area contributed by atoms with Gasteiger partial charge in [-0.1, -0.05) is 6.08 Å². The van der Waals surface area contributed by atoms with Crippen LogP contribution >= 0.6 is 11.3 Å². The number of carbonyl (C=O) groups is 2. The largest absolute Gasteiger partial charge is 0.497 e.